The smallest absolute Gasteiger partial charge is 0.337 e. The second-order valence-corrected chi connectivity index (χ2v) is 10.4. The van der Waals surface area contributed by atoms with Crippen molar-refractivity contribution < 1.29 is 32.6 Å². The number of carbonyl (C=O) groups is 2. The van der Waals surface area contributed by atoms with Gasteiger partial charge in [-0.3, -0.25) is 4.79 Å². The third kappa shape index (κ3) is 7.42. The maximum absolute atomic E-state index is 15.6. The van der Waals surface area contributed by atoms with Crippen molar-refractivity contribution in [3.63, 3.8) is 0 Å². The lowest BCUT2D eigenvalue weighted by molar-refractivity contribution is -0.115. The average molecular weight is 613 g/mol. The van der Waals surface area contributed by atoms with Gasteiger partial charge in [0.2, 0.25) is 11.8 Å². The van der Waals surface area contributed by atoms with Crippen LogP contribution in [0.1, 0.15) is 39.0 Å². The molecule has 0 aliphatic carbocycles. The highest BCUT2D eigenvalue weighted by atomic mass is 19.1. The molecule has 0 saturated carbocycles. The van der Waals surface area contributed by atoms with Crippen LogP contribution in [0.25, 0.3) is 11.3 Å². The van der Waals surface area contributed by atoms with E-state index in [0.717, 1.165) is 12.5 Å². The van der Waals surface area contributed by atoms with E-state index >= 15 is 4.39 Å². The zero-order valence-electron chi connectivity index (χ0n) is 24.7. The average Bonchev–Trinajstić information content (AvgIpc) is 3.02. The summed E-state index contributed by atoms with van der Waals surface area (Å²) in [6.45, 7) is 2.68. The number of benzene rings is 3. The molecule has 0 unspecified atom stereocenters. The summed E-state index contributed by atoms with van der Waals surface area (Å²) in [5.74, 6) is -1.85. The van der Waals surface area contributed by atoms with Crippen molar-refractivity contribution in [1.82, 2.24) is 4.98 Å². The first-order chi connectivity index (χ1) is 21.7. The molecular formula is C34H30F2N4O5. The molecule has 1 aromatic heterocycles. The van der Waals surface area contributed by atoms with E-state index in [4.69, 9.17) is 19.5 Å². The molecule has 11 heteroatoms. The standard InChI is InChI=1S/C34H30F2N4O5/c1-20-26(28-4-3-5-32(40-28)45-19-24-7-6-21(17-37)14-27(24)35)10-8-22(33(20)36)16-31(41)39-29-11-9-23(34(42)43-2)15-30(29)38-18-25-12-13-44-25/h3-11,14-15,25,38H,12-13,16,18-19H2,1-2H3,(H,39,41)/t25-/m0/s1. The van der Waals surface area contributed by atoms with Crippen LogP contribution in [0, 0.1) is 29.9 Å². The molecule has 0 bridgehead atoms. The Morgan fingerprint density at radius 2 is 1.87 bits per heavy atom. The fraction of sp³-hybridized carbons (Fsp3) is 0.235. The van der Waals surface area contributed by atoms with Crippen molar-refractivity contribution in [2.75, 3.05) is 30.9 Å². The predicted octanol–water partition coefficient (Wildman–Crippen LogP) is 5.95. The quantitative estimate of drug-likeness (QED) is 0.199. The number of methoxy groups -OCH3 is 1. The number of rotatable bonds is 11. The van der Waals surface area contributed by atoms with E-state index in [-0.39, 0.29) is 41.7 Å². The molecule has 9 nitrogen and oxygen atoms in total. The van der Waals surface area contributed by atoms with Crippen molar-refractivity contribution in [2.45, 2.75) is 32.5 Å². The van der Waals surface area contributed by atoms with Gasteiger partial charge in [-0.15, -0.1) is 0 Å². The molecule has 0 radical (unpaired) electrons. The monoisotopic (exact) mass is 612 g/mol. The third-order valence-corrected chi connectivity index (χ3v) is 7.40. The van der Waals surface area contributed by atoms with Gasteiger partial charge in [-0.05, 0) is 60.9 Å². The van der Waals surface area contributed by atoms with Gasteiger partial charge in [-0.1, -0.05) is 24.3 Å². The number of pyridine rings is 1. The third-order valence-electron chi connectivity index (χ3n) is 7.40. The Morgan fingerprint density at radius 1 is 1.07 bits per heavy atom. The number of halogens is 2. The molecule has 1 fully saturated rings. The second kappa shape index (κ2) is 14.0. The summed E-state index contributed by atoms with van der Waals surface area (Å²) >= 11 is 0. The molecule has 4 aromatic rings. The highest BCUT2D eigenvalue weighted by Crippen LogP contribution is 2.29. The van der Waals surface area contributed by atoms with E-state index in [9.17, 15) is 14.0 Å². The molecule has 1 amide bonds. The van der Waals surface area contributed by atoms with Crippen LogP contribution in [0.5, 0.6) is 5.88 Å². The summed E-state index contributed by atoms with van der Waals surface area (Å²) in [5.41, 5.74) is 3.18. The number of hydrogen-bond donors (Lipinski definition) is 2. The maximum Gasteiger partial charge on any atom is 0.337 e. The largest absolute Gasteiger partial charge is 0.473 e. The highest BCUT2D eigenvalue weighted by molar-refractivity contribution is 5.98. The topological polar surface area (TPSA) is 123 Å². The minimum atomic E-state index is -0.559. The maximum atomic E-state index is 15.6. The van der Waals surface area contributed by atoms with Gasteiger partial charge < -0.3 is 24.8 Å². The second-order valence-electron chi connectivity index (χ2n) is 10.4. The molecule has 2 N–H and O–H groups in total. The van der Waals surface area contributed by atoms with E-state index in [2.05, 4.69) is 15.6 Å². The van der Waals surface area contributed by atoms with Crippen LogP contribution >= 0.6 is 0 Å². The Morgan fingerprint density at radius 3 is 2.58 bits per heavy atom. The van der Waals surface area contributed by atoms with Crippen molar-refractivity contribution in [3.8, 4) is 23.2 Å². The van der Waals surface area contributed by atoms with E-state index in [1.54, 1.807) is 43.3 Å². The number of ether oxygens (including phenoxy) is 3. The minimum Gasteiger partial charge on any atom is -0.473 e. The van der Waals surface area contributed by atoms with Crippen LogP contribution in [0.2, 0.25) is 0 Å². The Hall–Kier alpha value is -5.34. The van der Waals surface area contributed by atoms with Gasteiger partial charge >= 0.3 is 5.97 Å². The lowest BCUT2D eigenvalue weighted by Gasteiger charge is -2.27. The molecule has 1 aliphatic rings. The van der Waals surface area contributed by atoms with Crippen LogP contribution in [0.3, 0.4) is 0 Å². The first-order valence-corrected chi connectivity index (χ1v) is 14.2. The summed E-state index contributed by atoms with van der Waals surface area (Å²) in [7, 11) is 1.29. The SMILES string of the molecule is COC(=O)c1ccc(NC(=O)Cc2ccc(-c3cccc(OCc4ccc(C#N)cc4F)n3)c(C)c2F)c(NC[C@@H]2CCO2)c1. The molecule has 2 heterocycles. The number of nitriles is 1. The normalized spacial score (nSPS) is 13.7. The summed E-state index contributed by atoms with van der Waals surface area (Å²) < 4.78 is 45.7. The molecule has 230 valence electrons. The van der Waals surface area contributed by atoms with Crippen LogP contribution in [-0.2, 0) is 27.3 Å². The van der Waals surface area contributed by atoms with Gasteiger partial charge in [-0.25, -0.2) is 18.6 Å². The molecule has 45 heavy (non-hydrogen) atoms. The van der Waals surface area contributed by atoms with E-state index in [1.165, 1.54) is 31.4 Å². The van der Waals surface area contributed by atoms with Gasteiger partial charge in [-0.2, -0.15) is 5.26 Å². The number of carbonyl (C=O) groups excluding carboxylic acids is 2. The van der Waals surface area contributed by atoms with Crippen molar-refractivity contribution in [1.29, 1.82) is 5.26 Å². The van der Waals surface area contributed by atoms with Crippen molar-refractivity contribution in [3.05, 3.63) is 106 Å². The van der Waals surface area contributed by atoms with E-state index < -0.39 is 23.5 Å². The number of nitrogens with zero attached hydrogens (tertiary/aromatic N) is 2. The van der Waals surface area contributed by atoms with Crippen LogP contribution < -0.4 is 15.4 Å². The van der Waals surface area contributed by atoms with Crippen molar-refractivity contribution in [2.24, 2.45) is 0 Å². The number of amides is 1. The minimum absolute atomic E-state index is 0.0400. The summed E-state index contributed by atoms with van der Waals surface area (Å²) in [4.78, 5) is 29.5. The number of anilines is 2. The number of hydrogen-bond acceptors (Lipinski definition) is 8. The van der Waals surface area contributed by atoms with E-state index in [1.807, 2.05) is 6.07 Å². The lowest BCUT2D eigenvalue weighted by atomic mass is 9.99. The summed E-state index contributed by atoms with van der Waals surface area (Å²) in [6.07, 6.45) is 0.716. The van der Waals surface area contributed by atoms with Crippen LogP contribution in [0.15, 0.2) is 66.7 Å². The zero-order valence-corrected chi connectivity index (χ0v) is 24.7. The Bertz CT molecular complexity index is 1790. The van der Waals surface area contributed by atoms with Gasteiger partial charge in [0.15, 0.2) is 0 Å². The summed E-state index contributed by atoms with van der Waals surface area (Å²) in [5, 5.41) is 14.9. The molecule has 1 aliphatic heterocycles. The van der Waals surface area contributed by atoms with Gasteiger partial charge in [0.05, 0.1) is 53.9 Å². The first-order valence-electron chi connectivity index (χ1n) is 14.2. The van der Waals surface area contributed by atoms with Crippen LogP contribution in [-0.4, -0.2) is 43.2 Å². The fourth-order valence-electron chi connectivity index (χ4n) is 4.77. The molecular weight excluding hydrogens is 582 g/mol. The Kier molecular flexibility index (Phi) is 9.65. The molecule has 1 atom stereocenters. The van der Waals surface area contributed by atoms with Crippen LogP contribution in [0.4, 0.5) is 20.2 Å². The fourth-order valence-corrected chi connectivity index (χ4v) is 4.77. The predicted molar refractivity (Wildman–Crippen MR) is 163 cm³/mol. The molecule has 5 rings (SSSR count). The van der Waals surface area contributed by atoms with Crippen molar-refractivity contribution >= 4 is 23.3 Å². The highest BCUT2D eigenvalue weighted by Gasteiger charge is 2.20. The van der Waals surface area contributed by atoms with Gasteiger partial charge in [0.1, 0.15) is 18.2 Å². The summed E-state index contributed by atoms with van der Waals surface area (Å²) in [6, 6.07) is 18.9. The molecule has 3 aromatic carbocycles. The Labute approximate surface area is 258 Å². The first kappa shape index (κ1) is 31.1. The Balaban J connectivity index is 1.28. The molecule has 0 spiro atoms. The number of nitrogens with one attached hydrogen (secondary N) is 2. The molecule has 1 saturated heterocycles. The lowest BCUT2D eigenvalue weighted by Crippen LogP contribution is -2.33. The number of esters is 1. The number of aromatic nitrogens is 1. The zero-order chi connectivity index (χ0) is 31.9. The van der Waals surface area contributed by atoms with E-state index in [0.29, 0.717) is 46.9 Å². The van der Waals surface area contributed by atoms with Gasteiger partial charge in [0, 0.05) is 30.3 Å². The van der Waals surface area contributed by atoms with Gasteiger partial charge in [0.25, 0.3) is 0 Å².